The molecule has 2 aliphatic rings. The summed E-state index contributed by atoms with van der Waals surface area (Å²) in [4.78, 5) is 48.7. The Morgan fingerprint density at radius 1 is 1.21 bits per heavy atom. The van der Waals surface area contributed by atoms with Crippen LogP contribution < -0.4 is 11.1 Å². The molecule has 3 heterocycles. The third kappa shape index (κ3) is 6.78. The van der Waals surface area contributed by atoms with E-state index in [1.165, 1.54) is 24.6 Å². The molecule has 1 aromatic heterocycles. The van der Waals surface area contributed by atoms with Crippen molar-refractivity contribution in [1.82, 2.24) is 20.1 Å². The van der Waals surface area contributed by atoms with Crippen LogP contribution in [0, 0.1) is 11.2 Å². The second-order valence-corrected chi connectivity index (χ2v) is 12.0. The van der Waals surface area contributed by atoms with Crippen LogP contribution in [0.15, 0.2) is 71.5 Å². The molecule has 2 saturated heterocycles. The molecule has 2 fully saturated rings. The Bertz CT molecular complexity index is 1410. The molecule has 2 unspecified atom stereocenters. The highest BCUT2D eigenvalue weighted by atomic mass is 19.1. The van der Waals surface area contributed by atoms with Crippen LogP contribution in [-0.4, -0.2) is 70.3 Å². The number of hydrogen-bond donors (Lipinski definition) is 2. The minimum Gasteiger partial charge on any atom is -0.447 e. The first kappa shape index (κ1) is 30.4. The SMILES string of the molecule is CC(C)(N)C(=O)N[C@H](COCc1ccccc1)C(=O)N1CCCC2(C1)C(=O)N(Cc1ncco1)CC2c1ccc(F)cc1. The van der Waals surface area contributed by atoms with Gasteiger partial charge in [0.1, 0.15) is 18.1 Å². The molecule has 0 bridgehead atoms. The Kier molecular flexibility index (Phi) is 8.93. The molecular formula is C32H38FN5O5. The molecule has 11 heteroatoms. The third-order valence-electron chi connectivity index (χ3n) is 8.29. The number of nitrogens with zero attached hydrogens (tertiary/aromatic N) is 3. The van der Waals surface area contributed by atoms with Crippen LogP contribution in [0.25, 0.3) is 0 Å². The van der Waals surface area contributed by atoms with Crippen molar-refractivity contribution in [2.45, 2.75) is 57.3 Å². The summed E-state index contributed by atoms with van der Waals surface area (Å²) in [5.41, 5.74) is 5.63. The first-order chi connectivity index (χ1) is 20.6. The minimum atomic E-state index is -1.21. The summed E-state index contributed by atoms with van der Waals surface area (Å²) in [7, 11) is 0. The highest BCUT2D eigenvalue weighted by Crippen LogP contribution is 2.50. The molecule has 10 nitrogen and oxygen atoms in total. The molecule has 1 spiro atoms. The van der Waals surface area contributed by atoms with Gasteiger partial charge in [0, 0.05) is 25.6 Å². The number of carbonyl (C=O) groups excluding carboxylic acids is 3. The monoisotopic (exact) mass is 591 g/mol. The van der Waals surface area contributed by atoms with Crippen LogP contribution in [0.2, 0.25) is 0 Å². The van der Waals surface area contributed by atoms with Gasteiger partial charge in [0.25, 0.3) is 0 Å². The van der Waals surface area contributed by atoms with Gasteiger partial charge in [0.2, 0.25) is 23.6 Å². The van der Waals surface area contributed by atoms with Crippen LogP contribution in [-0.2, 0) is 32.3 Å². The first-order valence-corrected chi connectivity index (χ1v) is 14.5. The number of carbonyl (C=O) groups is 3. The van der Waals surface area contributed by atoms with E-state index < -0.39 is 22.9 Å². The average molecular weight is 592 g/mol. The van der Waals surface area contributed by atoms with Gasteiger partial charge in [-0.25, -0.2) is 9.37 Å². The third-order valence-corrected chi connectivity index (χ3v) is 8.29. The largest absolute Gasteiger partial charge is 0.447 e. The topological polar surface area (TPSA) is 131 Å². The molecule has 3 atom stereocenters. The molecule has 2 aliphatic heterocycles. The lowest BCUT2D eigenvalue weighted by Crippen LogP contribution is -2.60. The standard InChI is InChI=1S/C32H38FN5O5/c1-31(2,34)29(40)36-26(20-42-19-22-7-4-3-5-8-22)28(39)37-15-6-13-32(21-37)25(23-9-11-24(33)12-10-23)17-38(30(32)41)18-27-35-14-16-43-27/h3-5,7-12,14,16,25-26H,6,13,15,17-21,34H2,1-2H3,(H,36,40)/t25?,26-,32?/m1/s1. The predicted octanol–water partition coefficient (Wildman–Crippen LogP) is 2.99. The molecule has 43 heavy (non-hydrogen) atoms. The number of ether oxygens (including phenoxy) is 1. The highest BCUT2D eigenvalue weighted by molar-refractivity contribution is 5.93. The lowest BCUT2D eigenvalue weighted by Gasteiger charge is -2.43. The molecule has 3 N–H and O–H groups in total. The Hall–Kier alpha value is -4.09. The first-order valence-electron chi connectivity index (χ1n) is 14.5. The summed E-state index contributed by atoms with van der Waals surface area (Å²) >= 11 is 0. The summed E-state index contributed by atoms with van der Waals surface area (Å²) in [6, 6.07) is 14.7. The predicted molar refractivity (Wildman–Crippen MR) is 156 cm³/mol. The number of oxazole rings is 1. The number of benzene rings is 2. The number of amides is 3. The van der Waals surface area contributed by atoms with Crippen molar-refractivity contribution < 1.29 is 27.9 Å². The van der Waals surface area contributed by atoms with Crippen molar-refractivity contribution in [1.29, 1.82) is 0 Å². The maximum Gasteiger partial charge on any atom is 0.247 e. The van der Waals surface area contributed by atoms with Crippen LogP contribution >= 0.6 is 0 Å². The number of nitrogens with one attached hydrogen (secondary N) is 1. The average Bonchev–Trinajstić information content (AvgIpc) is 3.60. The van der Waals surface area contributed by atoms with Crippen molar-refractivity contribution in [2.24, 2.45) is 11.1 Å². The van der Waals surface area contributed by atoms with Gasteiger partial charge in [-0.1, -0.05) is 42.5 Å². The molecule has 0 saturated carbocycles. The second kappa shape index (κ2) is 12.6. The van der Waals surface area contributed by atoms with Gasteiger partial charge in [-0.2, -0.15) is 0 Å². The number of hydrogen-bond acceptors (Lipinski definition) is 7. The van der Waals surface area contributed by atoms with E-state index in [2.05, 4.69) is 10.3 Å². The summed E-state index contributed by atoms with van der Waals surface area (Å²) in [5, 5.41) is 2.78. The molecule has 3 amide bonds. The summed E-state index contributed by atoms with van der Waals surface area (Å²) in [6.07, 6.45) is 4.12. The van der Waals surface area contributed by atoms with E-state index in [9.17, 15) is 18.8 Å². The van der Waals surface area contributed by atoms with Crippen LogP contribution in [0.5, 0.6) is 0 Å². The fourth-order valence-electron chi connectivity index (χ4n) is 6.03. The zero-order chi connectivity index (χ0) is 30.6. The molecule has 5 rings (SSSR count). The minimum absolute atomic E-state index is 0.0648. The summed E-state index contributed by atoms with van der Waals surface area (Å²) in [5.74, 6) is -1.19. The molecule has 3 aromatic rings. The van der Waals surface area contributed by atoms with E-state index in [0.717, 1.165) is 11.1 Å². The smallest absolute Gasteiger partial charge is 0.247 e. The molecular weight excluding hydrogens is 553 g/mol. The zero-order valence-corrected chi connectivity index (χ0v) is 24.5. The molecule has 0 radical (unpaired) electrons. The lowest BCUT2D eigenvalue weighted by molar-refractivity contribution is -0.147. The fraction of sp³-hybridized carbons (Fsp3) is 0.438. The normalized spacial score (nSPS) is 21.3. The van der Waals surface area contributed by atoms with Crippen molar-refractivity contribution >= 4 is 17.7 Å². The Morgan fingerprint density at radius 2 is 1.95 bits per heavy atom. The van der Waals surface area contributed by atoms with Crippen LogP contribution in [0.3, 0.4) is 0 Å². The molecule has 228 valence electrons. The molecule has 0 aliphatic carbocycles. The van der Waals surface area contributed by atoms with Gasteiger partial charge in [-0.3, -0.25) is 14.4 Å². The van der Waals surface area contributed by atoms with Crippen molar-refractivity contribution in [3.8, 4) is 0 Å². The Morgan fingerprint density at radius 3 is 2.63 bits per heavy atom. The Balaban J connectivity index is 1.39. The molecule has 2 aromatic carbocycles. The van der Waals surface area contributed by atoms with Crippen LogP contribution in [0.4, 0.5) is 4.39 Å². The fourth-order valence-corrected chi connectivity index (χ4v) is 6.03. The van der Waals surface area contributed by atoms with Crippen molar-refractivity contribution in [3.05, 3.63) is 89.9 Å². The van der Waals surface area contributed by atoms with Gasteiger partial charge in [-0.15, -0.1) is 0 Å². The van der Waals surface area contributed by atoms with E-state index in [1.54, 1.807) is 35.8 Å². The number of halogens is 1. The van der Waals surface area contributed by atoms with E-state index in [4.69, 9.17) is 14.9 Å². The maximum atomic E-state index is 14.2. The number of nitrogens with two attached hydrogens (primary N) is 1. The Labute approximate surface area is 250 Å². The van der Waals surface area contributed by atoms with Gasteiger partial charge in [-0.05, 0) is 49.9 Å². The lowest BCUT2D eigenvalue weighted by atomic mass is 9.69. The van der Waals surface area contributed by atoms with Gasteiger partial charge >= 0.3 is 0 Å². The van der Waals surface area contributed by atoms with Gasteiger partial charge in [0.05, 0.1) is 36.9 Å². The van der Waals surface area contributed by atoms with Crippen molar-refractivity contribution in [2.75, 3.05) is 26.2 Å². The van der Waals surface area contributed by atoms with E-state index in [1.807, 2.05) is 30.3 Å². The van der Waals surface area contributed by atoms with Gasteiger partial charge in [0.15, 0.2) is 0 Å². The number of likely N-dealkylation sites (tertiary alicyclic amines) is 2. The highest BCUT2D eigenvalue weighted by Gasteiger charge is 2.57. The van der Waals surface area contributed by atoms with Gasteiger partial charge < -0.3 is 30.0 Å². The van der Waals surface area contributed by atoms with E-state index in [0.29, 0.717) is 31.8 Å². The second-order valence-electron chi connectivity index (χ2n) is 12.0. The van der Waals surface area contributed by atoms with Crippen molar-refractivity contribution in [3.63, 3.8) is 0 Å². The number of aromatic nitrogens is 1. The summed E-state index contributed by atoms with van der Waals surface area (Å²) in [6.45, 7) is 4.46. The zero-order valence-electron chi connectivity index (χ0n) is 24.5. The number of rotatable bonds is 10. The summed E-state index contributed by atoms with van der Waals surface area (Å²) < 4.78 is 25.2. The quantitative estimate of drug-likeness (QED) is 0.371. The van der Waals surface area contributed by atoms with Crippen LogP contribution in [0.1, 0.15) is 49.6 Å². The number of piperidine rings is 1. The van der Waals surface area contributed by atoms with E-state index >= 15 is 0 Å². The maximum absolute atomic E-state index is 14.2. The van der Waals surface area contributed by atoms with E-state index in [-0.39, 0.29) is 49.9 Å².